The molecule has 116 valence electrons. The molecule has 0 aromatic carbocycles. The van der Waals surface area contributed by atoms with E-state index in [9.17, 15) is 9.59 Å². The van der Waals surface area contributed by atoms with Gasteiger partial charge in [0.15, 0.2) is 0 Å². The molecule has 1 aliphatic heterocycles. The molecular formula is C13H20N4O4. The van der Waals surface area contributed by atoms with E-state index in [4.69, 9.17) is 4.52 Å². The lowest BCUT2D eigenvalue weighted by Gasteiger charge is -2.18. The summed E-state index contributed by atoms with van der Waals surface area (Å²) >= 11 is 0. The second kappa shape index (κ2) is 7.16. The summed E-state index contributed by atoms with van der Waals surface area (Å²) < 4.78 is 9.73. The van der Waals surface area contributed by atoms with E-state index >= 15 is 0 Å². The van der Waals surface area contributed by atoms with Crippen LogP contribution in [0.2, 0.25) is 0 Å². The van der Waals surface area contributed by atoms with Crippen LogP contribution in [0, 0.1) is 0 Å². The SMILES string of the molecule is CCCN(CC(=O)OC)C(=O)c1noc(C2CCCN2)n1. The molecule has 0 spiro atoms. The van der Waals surface area contributed by atoms with Crippen molar-refractivity contribution in [3.63, 3.8) is 0 Å². The van der Waals surface area contributed by atoms with E-state index < -0.39 is 11.9 Å². The number of esters is 1. The Morgan fingerprint density at radius 3 is 2.95 bits per heavy atom. The maximum absolute atomic E-state index is 12.3. The molecule has 1 saturated heterocycles. The van der Waals surface area contributed by atoms with Gasteiger partial charge in [-0.3, -0.25) is 9.59 Å². The van der Waals surface area contributed by atoms with Gasteiger partial charge in [0.25, 0.3) is 11.7 Å². The van der Waals surface area contributed by atoms with Crippen LogP contribution < -0.4 is 5.32 Å². The Hall–Kier alpha value is -1.96. The molecule has 0 aliphatic carbocycles. The normalized spacial score (nSPS) is 17.7. The average Bonchev–Trinajstić information content (AvgIpc) is 3.16. The number of aromatic nitrogens is 2. The third-order valence-corrected chi connectivity index (χ3v) is 3.32. The van der Waals surface area contributed by atoms with E-state index in [0.717, 1.165) is 25.8 Å². The Kier molecular flexibility index (Phi) is 5.26. The van der Waals surface area contributed by atoms with Crippen molar-refractivity contribution in [3.05, 3.63) is 11.7 Å². The van der Waals surface area contributed by atoms with Gasteiger partial charge in [0.1, 0.15) is 6.54 Å². The van der Waals surface area contributed by atoms with Gasteiger partial charge < -0.3 is 19.5 Å². The van der Waals surface area contributed by atoms with E-state index in [1.165, 1.54) is 12.0 Å². The molecule has 8 heteroatoms. The lowest BCUT2D eigenvalue weighted by molar-refractivity contribution is -0.141. The third-order valence-electron chi connectivity index (χ3n) is 3.32. The minimum absolute atomic E-state index is 0.0132. The predicted molar refractivity (Wildman–Crippen MR) is 72.5 cm³/mol. The highest BCUT2D eigenvalue weighted by molar-refractivity contribution is 5.92. The molecule has 0 saturated carbocycles. The van der Waals surface area contributed by atoms with Crippen molar-refractivity contribution in [3.8, 4) is 0 Å². The second-order valence-electron chi connectivity index (χ2n) is 4.91. The van der Waals surface area contributed by atoms with Crippen molar-refractivity contribution in [2.24, 2.45) is 0 Å². The van der Waals surface area contributed by atoms with Gasteiger partial charge in [0.05, 0.1) is 13.2 Å². The number of amides is 1. The molecule has 1 N–H and O–H groups in total. The highest BCUT2D eigenvalue weighted by atomic mass is 16.5. The van der Waals surface area contributed by atoms with Crippen LogP contribution in [0.1, 0.15) is 48.7 Å². The van der Waals surface area contributed by atoms with Crippen LogP contribution in [-0.4, -0.2) is 53.7 Å². The van der Waals surface area contributed by atoms with Crippen LogP contribution in [-0.2, 0) is 9.53 Å². The first-order chi connectivity index (χ1) is 10.2. The first-order valence-electron chi connectivity index (χ1n) is 7.08. The second-order valence-corrected chi connectivity index (χ2v) is 4.91. The quantitative estimate of drug-likeness (QED) is 0.764. The predicted octanol–water partition coefficient (Wildman–Crippen LogP) is 0.519. The van der Waals surface area contributed by atoms with E-state index in [1.54, 1.807) is 0 Å². The lowest BCUT2D eigenvalue weighted by atomic mass is 10.2. The largest absolute Gasteiger partial charge is 0.468 e. The van der Waals surface area contributed by atoms with Crippen molar-refractivity contribution in [1.29, 1.82) is 0 Å². The Morgan fingerprint density at radius 1 is 1.52 bits per heavy atom. The summed E-state index contributed by atoms with van der Waals surface area (Å²) in [6, 6.07) is 0.0132. The van der Waals surface area contributed by atoms with E-state index in [-0.39, 0.29) is 18.4 Å². The Morgan fingerprint density at radius 2 is 2.33 bits per heavy atom. The summed E-state index contributed by atoms with van der Waals surface area (Å²) in [6.45, 7) is 3.14. The van der Waals surface area contributed by atoms with E-state index in [2.05, 4.69) is 20.2 Å². The third kappa shape index (κ3) is 3.78. The van der Waals surface area contributed by atoms with Crippen molar-refractivity contribution in [1.82, 2.24) is 20.4 Å². The summed E-state index contributed by atoms with van der Waals surface area (Å²) in [4.78, 5) is 29.2. The number of carbonyl (C=O) groups is 2. The fourth-order valence-electron chi connectivity index (χ4n) is 2.24. The van der Waals surface area contributed by atoms with Crippen LogP contribution in [0.15, 0.2) is 4.52 Å². The van der Waals surface area contributed by atoms with Gasteiger partial charge in [-0.05, 0) is 25.8 Å². The minimum atomic E-state index is -0.474. The average molecular weight is 296 g/mol. The van der Waals surface area contributed by atoms with Gasteiger partial charge >= 0.3 is 5.97 Å². The maximum Gasteiger partial charge on any atom is 0.325 e. The fraction of sp³-hybridized carbons (Fsp3) is 0.692. The zero-order chi connectivity index (χ0) is 15.2. The van der Waals surface area contributed by atoms with Crippen LogP contribution in [0.5, 0.6) is 0 Å². The number of carbonyl (C=O) groups excluding carboxylic acids is 2. The molecule has 1 fully saturated rings. The number of hydrogen-bond donors (Lipinski definition) is 1. The van der Waals surface area contributed by atoms with E-state index in [0.29, 0.717) is 12.4 Å². The van der Waals surface area contributed by atoms with Crippen molar-refractivity contribution >= 4 is 11.9 Å². The molecule has 2 rings (SSSR count). The highest BCUT2D eigenvalue weighted by Gasteiger charge is 2.27. The first kappa shape index (κ1) is 15.4. The highest BCUT2D eigenvalue weighted by Crippen LogP contribution is 2.21. The molecule has 2 heterocycles. The lowest BCUT2D eigenvalue weighted by Crippen LogP contribution is -2.37. The monoisotopic (exact) mass is 296 g/mol. The molecule has 1 unspecified atom stereocenters. The molecule has 1 amide bonds. The van der Waals surface area contributed by atoms with Crippen LogP contribution >= 0.6 is 0 Å². The summed E-state index contributed by atoms with van der Waals surface area (Å²) in [5, 5.41) is 6.95. The van der Waals surface area contributed by atoms with Crippen LogP contribution in [0.4, 0.5) is 0 Å². The van der Waals surface area contributed by atoms with Crippen LogP contribution in [0.25, 0.3) is 0 Å². The molecule has 0 bridgehead atoms. The maximum atomic E-state index is 12.3. The summed E-state index contributed by atoms with van der Waals surface area (Å²) in [7, 11) is 1.29. The number of hydrogen-bond acceptors (Lipinski definition) is 7. The molecule has 1 aromatic rings. The number of rotatable bonds is 6. The zero-order valence-corrected chi connectivity index (χ0v) is 12.3. The van der Waals surface area contributed by atoms with Crippen molar-refractivity contribution in [2.75, 3.05) is 26.7 Å². The van der Waals surface area contributed by atoms with Gasteiger partial charge in [-0.2, -0.15) is 4.98 Å². The first-order valence-corrected chi connectivity index (χ1v) is 7.08. The van der Waals surface area contributed by atoms with Gasteiger partial charge in [0, 0.05) is 6.54 Å². The molecule has 21 heavy (non-hydrogen) atoms. The van der Waals surface area contributed by atoms with Crippen molar-refractivity contribution in [2.45, 2.75) is 32.2 Å². The zero-order valence-electron chi connectivity index (χ0n) is 12.3. The van der Waals surface area contributed by atoms with Gasteiger partial charge in [-0.1, -0.05) is 12.1 Å². The number of nitrogens with zero attached hydrogens (tertiary/aromatic N) is 3. The smallest absolute Gasteiger partial charge is 0.325 e. The Labute approximate surface area is 122 Å². The fourth-order valence-corrected chi connectivity index (χ4v) is 2.24. The Bertz CT molecular complexity index is 496. The van der Waals surface area contributed by atoms with E-state index in [1.807, 2.05) is 6.92 Å². The minimum Gasteiger partial charge on any atom is -0.468 e. The van der Waals surface area contributed by atoms with Crippen LogP contribution in [0.3, 0.4) is 0 Å². The standard InChI is InChI=1S/C13H20N4O4/c1-3-7-17(8-10(18)20-2)13(19)11-15-12(21-16-11)9-5-4-6-14-9/h9,14H,3-8H2,1-2H3. The molecule has 1 aromatic heterocycles. The summed E-state index contributed by atoms with van der Waals surface area (Å²) in [5.41, 5.74) is 0. The van der Waals surface area contributed by atoms with Gasteiger partial charge in [-0.25, -0.2) is 0 Å². The molecule has 1 aliphatic rings. The Balaban J connectivity index is 2.06. The topological polar surface area (TPSA) is 97.6 Å². The summed E-state index contributed by atoms with van der Waals surface area (Å²) in [5.74, 6) is -0.491. The molecule has 8 nitrogen and oxygen atoms in total. The molecule has 0 radical (unpaired) electrons. The number of nitrogens with one attached hydrogen (secondary N) is 1. The van der Waals surface area contributed by atoms with Gasteiger partial charge in [-0.15, -0.1) is 0 Å². The molecular weight excluding hydrogens is 276 g/mol. The number of ether oxygens (including phenoxy) is 1. The molecule has 1 atom stereocenters. The summed E-state index contributed by atoms with van der Waals surface area (Å²) in [6.07, 6.45) is 2.68. The van der Waals surface area contributed by atoms with Gasteiger partial charge in [0.2, 0.25) is 5.89 Å². The number of methoxy groups -OCH3 is 1. The van der Waals surface area contributed by atoms with Crippen molar-refractivity contribution < 1.29 is 18.8 Å².